The van der Waals surface area contributed by atoms with Gasteiger partial charge in [0.25, 0.3) is 0 Å². The predicted octanol–water partition coefficient (Wildman–Crippen LogP) is 3.24. The Balaban J connectivity index is 1.70. The number of fused-ring (bicyclic) bond motifs is 1. The lowest BCUT2D eigenvalue weighted by Gasteiger charge is -2.14. The van der Waals surface area contributed by atoms with Crippen LogP contribution < -0.4 is 5.32 Å². The Hall–Kier alpha value is -2.55. The molecule has 3 rings (SSSR count). The summed E-state index contributed by atoms with van der Waals surface area (Å²) in [6.45, 7) is 3.01. The minimum absolute atomic E-state index is 0.0382. The van der Waals surface area contributed by atoms with Crippen molar-refractivity contribution in [2.75, 3.05) is 45.7 Å². The van der Waals surface area contributed by atoms with E-state index in [1.165, 1.54) is 12.1 Å². The van der Waals surface area contributed by atoms with Crippen LogP contribution >= 0.6 is 11.6 Å². The van der Waals surface area contributed by atoms with Gasteiger partial charge < -0.3 is 20.2 Å². The van der Waals surface area contributed by atoms with Crippen molar-refractivity contribution in [3.8, 4) is 0 Å². The van der Waals surface area contributed by atoms with Crippen molar-refractivity contribution < 1.29 is 14.3 Å². The van der Waals surface area contributed by atoms with Gasteiger partial charge in [-0.25, -0.2) is 9.37 Å². The molecule has 2 aromatic rings. The SMILES string of the molecule is COCCN(C)CCN=C1Cc2c(/C(Cc3ccc(F)c(Cl)c3)=N/O)ccnc2N1. The summed E-state index contributed by atoms with van der Waals surface area (Å²) in [6.07, 6.45) is 2.54. The number of aliphatic imine (C=N–C) groups is 1. The number of nitrogens with one attached hydrogen (secondary N) is 1. The number of aromatic nitrogens is 1. The molecule has 0 spiro atoms. The lowest BCUT2D eigenvalue weighted by atomic mass is 9.98. The molecule has 0 bridgehead atoms. The maximum absolute atomic E-state index is 13.4. The summed E-state index contributed by atoms with van der Waals surface area (Å²) in [5.74, 6) is 1.05. The summed E-state index contributed by atoms with van der Waals surface area (Å²) < 4.78 is 18.5. The Labute approximate surface area is 180 Å². The number of anilines is 1. The highest BCUT2D eigenvalue weighted by atomic mass is 35.5. The van der Waals surface area contributed by atoms with Gasteiger partial charge in [-0.05, 0) is 30.8 Å². The molecule has 1 aliphatic rings. The zero-order valence-electron chi connectivity index (χ0n) is 17.0. The average Bonchev–Trinajstić information content (AvgIpc) is 3.16. The molecule has 2 heterocycles. The van der Waals surface area contributed by atoms with E-state index >= 15 is 0 Å². The number of likely N-dealkylation sites (N-methyl/N-ethyl adjacent to an activating group) is 1. The highest BCUT2D eigenvalue weighted by Gasteiger charge is 2.23. The first-order valence-corrected chi connectivity index (χ1v) is 10.0. The molecule has 7 nitrogen and oxygen atoms in total. The third-order valence-electron chi connectivity index (χ3n) is 4.91. The predicted molar refractivity (Wildman–Crippen MR) is 117 cm³/mol. The molecular weight excluding hydrogens is 409 g/mol. The maximum atomic E-state index is 13.4. The number of amidine groups is 1. The number of ether oxygens (including phenoxy) is 1. The van der Waals surface area contributed by atoms with E-state index in [0.717, 1.165) is 35.6 Å². The second-order valence-corrected chi connectivity index (χ2v) is 7.49. The summed E-state index contributed by atoms with van der Waals surface area (Å²) in [5, 5.41) is 16.4. The van der Waals surface area contributed by atoms with E-state index in [1.54, 1.807) is 19.4 Å². The minimum Gasteiger partial charge on any atom is -0.411 e. The van der Waals surface area contributed by atoms with Gasteiger partial charge in [-0.3, -0.25) is 4.99 Å². The Morgan fingerprint density at radius 2 is 2.20 bits per heavy atom. The molecule has 0 unspecified atom stereocenters. The van der Waals surface area contributed by atoms with Crippen molar-refractivity contribution in [2.45, 2.75) is 12.8 Å². The summed E-state index contributed by atoms with van der Waals surface area (Å²) in [4.78, 5) is 11.2. The van der Waals surface area contributed by atoms with Crippen molar-refractivity contribution in [3.05, 3.63) is 58.0 Å². The van der Waals surface area contributed by atoms with E-state index in [-0.39, 0.29) is 5.02 Å². The van der Waals surface area contributed by atoms with Gasteiger partial charge in [0.15, 0.2) is 0 Å². The number of nitrogens with zero attached hydrogens (tertiary/aromatic N) is 4. The maximum Gasteiger partial charge on any atom is 0.141 e. The molecular formula is C21H25ClFN5O2. The van der Waals surface area contributed by atoms with E-state index < -0.39 is 5.82 Å². The number of hydrogen-bond acceptors (Lipinski definition) is 6. The molecule has 30 heavy (non-hydrogen) atoms. The van der Waals surface area contributed by atoms with Gasteiger partial charge in [0.1, 0.15) is 17.5 Å². The number of methoxy groups -OCH3 is 1. The fraction of sp³-hybridized carbons (Fsp3) is 0.381. The molecule has 2 N–H and O–H groups in total. The Morgan fingerprint density at radius 3 is 2.93 bits per heavy atom. The van der Waals surface area contributed by atoms with Crippen LogP contribution in [0.1, 0.15) is 16.7 Å². The number of rotatable bonds is 9. The molecule has 1 aromatic carbocycles. The number of pyridine rings is 1. The monoisotopic (exact) mass is 433 g/mol. The fourth-order valence-electron chi connectivity index (χ4n) is 3.24. The fourth-order valence-corrected chi connectivity index (χ4v) is 3.44. The van der Waals surface area contributed by atoms with Crippen molar-refractivity contribution >= 4 is 29.0 Å². The molecule has 0 atom stereocenters. The normalized spacial score (nSPS) is 15.0. The molecule has 0 amide bonds. The van der Waals surface area contributed by atoms with Crippen molar-refractivity contribution in [1.82, 2.24) is 9.88 Å². The van der Waals surface area contributed by atoms with E-state index in [4.69, 9.17) is 16.3 Å². The zero-order chi connectivity index (χ0) is 21.5. The molecule has 0 fully saturated rings. The lowest BCUT2D eigenvalue weighted by molar-refractivity contribution is 0.163. The first kappa shape index (κ1) is 22.1. The molecule has 1 aromatic heterocycles. The van der Waals surface area contributed by atoms with Gasteiger partial charge in [-0.15, -0.1) is 0 Å². The van der Waals surface area contributed by atoms with Crippen LogP contribution in [0.4, 0.5) is 10.2 Å². The summed E-state index contributed by atoms with van der Waals surface area (Å²) >= 11 is 5.87. The second kappa shape index (κ2) is 10.5. The van der Waals surface area contributed by atoms with E-state index in [9.17, 15) is 9.60 Å². The number of halogens is 2. The third-order valence-corrected chi connectivity index (χ3v) is 5.20. The Bertz CT molecular complexity index is 951. The van der Waals surface area contributed by atoms with Crippen LogP contribution in [0.15, 0.2) is 40.6 Å². The van der Waals surface area contributed by atoms with Gasteiger partial charge in [-0.1, -0.05) is 22.8 Å². The molecule has 160 valence electrons. The van der Waals surface area contributed by atoms with E-state index in [0.29, 0.717) is 37.5 Å². The van der Waals surface area contributed by atoms with Gasteiger partial charge in [0.05, 0.1) is 23.9 Å². The van der Waals surface area contributed by atoms with Gasteiger partial charge >= 0.3 is 0 Å². The van der Waals surface area contributed by atoms with Gasteiger partial charge in [0.2, 0.25) is 0 Å². The van der Waals surface area contributed by atoms with Crippen molar-refractivity contribution in [1.29, 1.82) is 0 Å². The van der Waals surface area contributed by atoms with Crippen LogP contribution in [0.2, 0.25) is 5.02 Å². The largest absolute Gasteiger partial charge is 0.411 e. The molecule has 0 saturated carbocycles. The summed E-state index contributed by atoms with van der Waals surface area (Å²) in [6, 6.07) is 6.27. The van der Waals surface area contributed by atoms with Crippen LogP contribution in [-0.2, 0) is 17.6 Å². The highest BCUT2D eigenvalue weighted by Crippen LogP contribution is 2.26. The van der Waals surface area contributed by atoms with Crippen LogP contribution in [0, 0.1) is 5.82 Å². The second-order valence-electron chi connectivity index (χ2n) is 7.08. The average molecular weight is 434 g/mol. The number of hydrogen-bond donors (Lipinski definition) is 2. The summed E-state index contributed by atoms with van der Waals surface area (Å²) in [7, 11) is 3.72. The molecule has 0 aliphatic carbocycles. The van der Waals surface area contributed by atoms with Crippen molar-refractivity contribution in [2.24, 2.45) is 10.1 Å². The van der Waals surface area contributed by atoms with E-state index in [1.807, 2.05) is 13.1 Å². The molecule has 0 radical (unpaired) electrons. The topological polar surface area (TPSA) is 82.3 Å². The number of benzene rings is 1. The van der Waals surface area contributed by atoms with Crippen LogP contribution in [0.5, 0.6) is 0 Å². The molecule has 9 heteroatoms. The van der Waals surface area contributed by atoms with E-state index in [2.05, 4.69) is 25.3 Å². The first-order chi connectivity index (χ1) is 14.5. The first-order valence-electron chi connectivity index (χ1n) is 9.62. The highest BCUT2D eigenvalue weighted by molar-refractivity contribution is 6.30. The van der Waals surface area contributed by atoms with Gasteiger partial charge in [0, 0.05) is 50.4 Å². The molecule has 1 aliphatic heterocycles. The molecule has 0 saturated heterocycles. The summed E-state index contributed by atoms with van der Waals surface area (Å²) in [5.41, 5.74) is 2.90. The number of oxime groups is 1. The lowest BCUT2D eigenvalue weighted by Crippen LogP contribution is -2.26. The quantitative estimate of drug-likeness (QED) is 0.360. The standard InChI is InChI=1S/C21H25ClFN5O2/c1-28(9-10-30-2)8-7-24-20-13-16-15(5-6-25-21(16)26-20)19(27-29)12-14-3-4-18(23)17(22)11-14/h3-6,11,29H,7-10,12-13H2,1-2H3,(H,24,25,26)/b27-19+. The van der Waals surface area contributed by atoms with Crippen LogP contribution in [0.25, 0.3) is 0 Å². The Morgan fingerprint density at radius 1 is 1.37 bits per heavy atom. The zero-order valence-corrected chi connectivity index (χ0v) is 17.8. The van der Waals surface area contributed by atoms with Crippen molar-refractivity contribution in [3.63, 3.8) is 0 Å². The minimum atomic E-state index is -0.481. The van der Waals surface area contributed by atoms with Crippen LogP contribution in [0.3, 0.4) is 0 Å². The van der Waals surface area contributed by atoms with Crippen LogP contribution in [-0.4, -0.2) is 67.0 Å². The third kappa shape index (κ3) is 5.53. The van der Waals surface area contributed by atoms with Gasteiger partial charge in [-0.2, -0.15) is 0 Å². The smallest absolute Gasteiger partial charge is 0.141 e. The Kier molecular flexibility index (Phi) is 7.73.